The number of halogens is 1. The van der Waals surface area contributed by atoms with Crippen molar-refractivity contribution in [3.05, 3.63) is 65.3 Å². The van der Waals surface area contributed by atoms with E-state index >= 15 is 0 Å². The Hall–Kier alpha value is -3.30. The molecule has 1 aromatic heterocycles. The van der Waals surface area contributed by atoms with Crippen molar-refractivity contribution in [3.63, 3.8) is 0 Å². The van der Waals surface area contributed by atoms with E-state index in [9.17, 15) is 4.79 Å². The Kier molecular flexibility index (Phi) is 6.01. The van der Waals surface area contributed by atoms with Gasteiger partial charge in [-0.2, -0.15) is 5.26 Å². The summed E-state index contributed by atoms with van der Waals surface area (Å²) >= 11 is 6.22. The van der Waals surface area contributed by atoms with Crippen LogP contribution in [0.15, 0.2) is 54.7 Å². The predicted molar refractivity (Wildman–Crippen MR) is 117 cm³/mol. The maximum atomic E-state index is 12.8. The average Bonchev–Trinajstić information content (AvgIpc) is 3.05. The first kappa shape index (κ1) is 20.0. The van der Waals surface area contributed by atoms with Gasteiger partial charge in [0.2, 0.25) is 0 Å². The van der Waals surface area contributed by atoms with Gasteiger partial charge in [-0.3, -0.25) is 9.78 Å². The van der Waals surface area contributed by atoms with Gasteiger partial charge in [-0.1, -0.05) is 11.6 Å². The molecular formula is C23H21ClN4O2. The normalized spacial score (nSPS) is 14.3. The maximum absolute atomic E-state index is 12.8. The Morgan fingerprint density at radius 2 is 1.93 bits per heavy atom. The van der Waals surface area contributed by atoms with Crippen LogP contribution in [0, 0.1) is 11.3 Å². The number of nitriles is 1. The molecule has 152 valence electrons. The van der Waals surface area contributed by atoms with E-state index in [1.54, 1.807) is 18.3 Å². The molecule has 6 nitrogen and oxygen atoms in total. The van der Waals surface area contributed by atoms with Crippen molar-refractivity contribution < 1.29 is 9.53 Å². The Morgan fingerprint density at radius 3 is 2.73 bits per heavy atom. The molecule has 0 spiro atoms. The highest BCUT2D eigenvalue weighted by molar-refractivity contribution is 6.35. The fourth-order valence-electron chi connectivity index (χ4n) is 3.63. The van der Waals surface area contributed by atoms with Gasteiger partial charge in [0.05, 0.1) is 16.7 Å². The van der Waals surface area contributed by atoms with E-state index in [1.165, 1.54) is 0 Å². The lowest BCUT2D eigenvalue weighted by atomic mass is 10.2. The maximum Gasteiger partial charge on any atom is 0.260 e. The molecule has 0 saturated carbocycles. The fourth-order valence-corrected chi connectivity index (χ4v) is 3.85. The van der Waals surface area contributed by atoms with Crippen molar-refractivity contribution in [2.45, 2.75) is 6.42 Å². The smallest absolute Gasteiger partial charge is 0.260 e. The van der Waals surface area contributed by atoms with Crippen LogP contribution in [-0.4, -0.2) is 48.6 Å². The molecule has 0 bridgehead atoms. The molecule has 1 amide bonds. The number of rotatable bonds is 4. The summed E-state index contributed by atoms with van der Waals surface area (Å²) in [7, 11) is 0. The van der Waals surface area contributed by atoms with E-state index in [2.05, 4.69) is 16.0 Å². The number of hydrogen-bond acceptors (Lipinski definition) is 5. The van der Waals surface area contributed by atoms with Crippen LogP contribution in [0.2, 0.25) is 5.02 Å². The number of carbonyl (C=O) groups excluding carboxylic acids is 1. The SMILES string of the molecule is N#Cc1ccc(N2CCCN(C(=O)COc3ccc(Cl)c4cccnc34)CC2)cc1. The van der Waals surface area contributed by atoms with Crippen LogP contribution < -0.4 is 9.64 Å². The number of pyridine rings is 1. The molecule has 0 atom stereocenters. The van der Waals surface area contributed by atoms with Crippen molar-refractivity contribution in [3.8, 4) is 11.8 Å². The fraction of sp³-hybridized carbons (Fsp3) is 0.261. The van der Waals surface area contributed by atoms with Crippen LogP contribution in [0.3, 0.4) is 0 Å². The van der Waals surface area contributed by atoms with Gasteiger partial charge in [-0.05, 0) is 55.0 Å². The monoisotopic (exact) mass is 420 g/mol. The molecule has 2 aromatic carbocycles. The van der Waals surface area contributed by atoms with Crippen LogP contribution in [0.1, 0.15) is 12.0 Å². The highest BCUT2D eigenvalue weighted by atomic mass is 35.5. The number of carbonyl (C=O) groups is 1. The van der Waals surface area contributed by atoms with E-state index in [0.29, 0.717) is 34.9 Å². The summed E-state index contributed by atoms with van der Waals surface area (Å²) in [6.07, 6.45) is 2.55. The summed E-state index contributed by atoms with van der Waals surface area (Å²) in [5, 5.41) is 10.4. The summed E-state index contributed by atoms with van der Waals surface area (Å²) in [5.74, 6) is 0.507. The van der Waals surface area contributed by atoms with Gasteiger partial charge < -0.3 is 14.5 Å². The van der Waals surface area contributed by atoms with Gasteiger partial charge in [-0.15, -0.1) is 0 Å². The highest BCUT2D eigenvalue weighted by Crippen LogP contribution is 2.29. The van der Waals surface area contributed by atoms with Crippen molar-refractivity contribution in [2.24, 2.45) is 0 Å². The number of hydrogen-bond donors (Lipinski definition) is 0. The molecule has 2 heterocycles. The number of aromatic nitrogens is 1. The van der Waals surface area contributed by atoms with E-state index < -0.39 is 0 Å². The number of nitrogens with zero attached hydrogens (tertiary/aromatic N) is 4. The molecule has 3 aromatic rings. The summed E-state index contributed by atoms with van der Waals surface area (Å²) in [5.41, 5.74) is 2.37. The molecule has 1 saturated heterocycles. The van der Waals surface area contributed by atoms with Crippen LogP contribution in [0.4, 0.5) is 5.69 Å². The molecule has 1 aliphatic heterocycles. The molecule has 30 heavy (non-hydrogen) atoms. The number of anilines is 1. The minimum Gasteiger partial charge on any atom is -0.481 e. The minimum absolute atomic E-state index is 0.0375. The van der Waals surface area contributed by atoms with Gasteiger partial charge in [0.15, 0.2) is 6.61 Å². The third-order valence-electron chi connectivity index (χ3n) is 5.24. The second-order valence-corrected chi connectivity index (χ2v) is 7.52. The van der Waals surface area contributed by atoms with Gasteiger partial charge >= 0.3 is 0 Å². The second kappa shape index (κ2) is 9.02. The minimum atomic E-state index is -0.0456. The topological polar surface area (TPSA) is 69.5 Å². The van der Waals surface area contributed by atoms with Crippen LogP contribution in [-0.2, 0) is 4.79 Å². The van der Waals surface area contributed by atoms with Crippen molar-refractivity contribution in [2.75, 3.05) is 37.7 Å². The summed E-state index contributed by atoms with van der Waals surface area (Å²) < 4.78 is 5.81. The molecule has 7 heteroatoms. The van der Waals surface area contributed by atoms with E-state index in [4.69, 9.17) is 21.6 Å². The summed E-state index contributed by atoms with van der Waals surface area (Å²) in [4.78, 5) is 21.2. The van der Waals surface area contributed by atoms with Gasteiger partial charge in [0, 0.05) is 43.4 Å². The van der Waals surface area contributed by atoms with Crippen molar-refractivity contribution >= 4 is 34.1 Å². The van der Waals surface area contributed by atoms with E-state index in [0.717, 1.165) is 30.6 Å². The third kappa shape index (κ3) is 4.32. The molecule has 0 N–H and O–H groups in total. The molecule has 0 aliphatic carbocycles. The lowest BCUT2D eigenvalue weighted by Gasteiger charge is -2.24. The lowest BCUT2D eigenvalue weighted by molar-refractivity contribution is -0.133. The first-order valence-corrected chi connectivity index (χ1v) is 10.2. The third-order valence-corrected chi connectivity index (χ3v) is 5.57. The zero-order chi connectivity index (χ0) is 20.9. The zero-order valence-electron chi connectivity index (χ0n) is 16.4. The summed E-state index contributed by atoms with van der Waals surface area (Å²) in [6, 6.07) is 16.9. The molecule has 0 unspecified atom stereocenters. The molecule has 0 radical (unpaired) electrons. The van der Waals surface area contributed by atoms with Crippen molar-refractivity contribution in [1.82, 2.24) is 9.88 Å². The summed E-state index contributed by atoms with van der Waals surface area (Å²) in [6.45, 7) is 2.88. The first-order valence-electron chi connectivity index (χ1n) is 9.84. The van der Waals surface area contributed by atoms with Crippen LogP contribution in [0.25, 0.3) is 10.9 Å². The Morgan fingerprint density at radius 1 is 1.10 bits per heavy atom. The largest absolute Gasteiger partial charge is 0.481 e. The quantitative estimate of drug-likeness (QED) is 0.640. The van der Waals surface area contributed by atoms with Crippen LogP contribution >= 0.6 is 11.6 Å². The first-order chi connectivity index (χ1) is 14.7. The van der Waals surface area contributed by atoms with E-state index in [1.807, 2.05) is 41.3 Å². The van der Waals surface area contributed by atoms with Gasteiger partial charge in [-0.25, -0.2) is 0 Å². The Balaban J connectivity index is 1.38. The standard InChI is InChI=1S/C23H21ClN4O2/c24-20-8-9-21(23-19(20)3-1-10-26-23)30-16-22(29)28-12-2-11-27(13-14-28)18-6-4-17(15-25)5-7-18/h1,3-10H,2,11-14,16H2. The zero-order valence-corrected chi connectivity index (χ0v) is 17.2. The highest BCUT2D eigenvalue weighted by Gasteiger charge is 2.20. The van der Waals surface area contributed by atoms with E-state index in [-0.39, 0.29) is 12.5 Å². The Labute approximate surface area is 180 Å². The molecular weight excluding hydrogens is 400 g/mol. The Bertz CT molecular complexity index is 1090. The second-order valence-electron chi connectivity index (χ2n) is 7.11. The number of fused-ring (bicyclic) bond motifs is 1. The number of ether oxygens (including phenoxy) is 1. The number of amides is 1. The molecule has 4 rings (SSSR count). The number of benzene rings is 2. The van der Waals surface area contributed by atoms with Gasteiger partial charge in [0.25, 0.3) is 5.91 Å². The molecule has 1 fully saturated rings. The van der Waals surface area contributed by atoms with Crippen molar-refractivity contribution in [1.29, 1.82) is 5.26 Å². The lowest BCUT2D eigenvalue weighted by Crippen LogP contribution is -2.38. The average molecular weight is 421 g/mol. The van der Waals surface area contributed by atoms with Gasteiger partial charge in [0.1, 0.15) is 11.3 Å². The van der Waals surface area contributed by atoms with Crippen LogP contribution in [0.5, 0.6) is 5.75 Å². The molecule has 1 aliphatic rings. The predicted octanol–water partition coefficient (Wildman–Crippen LogP) is 3.88.